The molecule has 0 aliphatic heterocycles. The first-order valence-electron chi connectivity index (χ1n) is 8.63. The molecule has 0 fully saturated rings. The van der Waals surface area contributed by atoms with Crippen molar-refractivity contribution in [3.8, 4) is 0 Å². The van der Waals surface area contributed by atoms with E-state index in [1.165, 1.54) is 11.8 Å². The Hall–Kier alpha value is -1.56. The van der Waals surface area contributed by atoms with Gasteiger partial charge >= 0.3 is 0 Å². The van der Waals surface area contributed by atoms with Gasteiger partial charge in [0.05, 0.1) is 5.75 Å². The summed E-state index contributed by atoms with van der Waals surface area (Å²) in [4.78, 5) is 4.69. The van der Waals surface area contributed by atoms with Crippen molar-refractivity contribution in [2.75, 3.05) is 25.1 Å². The van der Waals surface area contributed by atoms with E-state index >= 15 is 0 Å². The maximum Gasteiger partial charge on any atom is 0.191 e. The summed E-state index contributed by atoms with van der Waals surface area (Å²) in [6.45, 7) is 7.64. The Morgan fingerprint density at radius 3 is 2.42 bits per heavy atom. The van der Waals surface area contributed by atoms with E-state index in [2.05, 4.69) is 41.8 Å². The SMILES string of the molecule is CCNC(=NCC(CC)c1ccccc1)NC(C)CCS(C)(=O)=O. The number of nitrogens with zero attached hydrogens (tertiary/aromatic N) is 1. The maximum absolute atomic E-state index is 11.3. The fraction of sp³-hybridized carbons (Fsp3) is 0.611. The molecule has 24 heavy (non-hydrogen) atoms. The summed E-state index contributed by atoms with van der Waals surface area (Å²) in [6.07, 6.45) is 2.86. The molecule has 0 amide bonds. The minimum atomic E-state index is -2.93. The van der Waals surface area contributed by atoms with Gasteiger partial charge in [-0.2, -0.15) is 0 Å². The zero-order valence-corrected chi connectivity index (χ0v) is 16.1. The summed E-state index contributed by atoms with van der Waals surface area (Å²) in [5.74, 6) is 1.31. The number of benzene rings is 1. The number of aliphatic imine (C=N–C) groups is 1. The molecule has 1 aromatic carbocycles. The predicted molar refractivity (Wildman–Crippen MR) is 102 cm³/mol. The molecule has 6 heteroatoms. The molecule has 2 N–H and O–H groups in total. The van der Waals surface area contributed by atoms with Gasteiger partial charge in [0.1, 0.15) is 9.84 Å². The summed E-state index contributed by atoms with van der Waals surface area (Å²) in [7, 11) is -2.93. The van der Waals surface area contributed by atoms with E-state index < -0.39 is 9.84 Å². The minimum Gasteiger partial charge on any atom is -0.357 e. The van der Waals surface area contributed by atoms with Crippen LogP contribution in [0.5, 0.6) is 0 Å². The van der Waals surface area contributed by atoms with Crippen LogP contribution >= 0.6 is 0 Å². The van der Waals surface area contributed by atoms with Gasteiger partial charge in [-0.05, 0) is 32.3 Å². The molecular formula is C18H31N3O2S. The lowest BCUT2D eigenvalue weighted by Gasteiger charge is -2.19. The fourth-order valence-electron chi connectivity index (χ4n) is 2.41. The molecule has 0 saturated carbocycles. The van der Waals surface area contributed by atoms with Gasteiger partial charge in [0.15, 0.2) is 5.96 Å². The predicted octanol–water partition coefficient (Wildman–Crippen LogP) is 2.56. The van der Waals surface area contributed by atoms with E-state index in [-0.39, 0.29) is 11.8 Å². The molecule has 0 bridgehead atoms. The molecule has 2 atom stereocenters. The molecule has 136 valence electrons. The van der Waals surface area contributed by atoms with Crippen LogP contribution in [0, 0.1) is 0 Å². The molecule has 0 spiro atoms. The molecule has 0 aliphatic carbocycles. The van der Waals surface area contributed by atoms with E-state index in [9.17, 15) is 8.42 Å². The first kappa shape index (κ1) is 20.5. The van der Waals surface area contributed by atoms with Crippen molar-refractivity contribution < 1.29 is 8.42 Å². The summed E-state index contributed by atoms with van der Waals surface area (Å²) < 4.78 is 22.6. The van der Waals surface area contributed by atoms with E-state index in [0.29, 0.717) is 18.9 Å². The van der Waals surface area contributed by atoms with E-state index in [0.717, 1.165) is 18.9 Å². The Kier molecular flexibility index (Phi) is 8.82. The van der Waals surface area contributed by atoms with Gasteiger partial charge in [0.25, 0.3) is 0 Å². The van der Waals surface area contributed by atoms with Gasteiger partial charge in [-0.15, -0.1) is 0 Å². The summed E-state index contributed by atoms with van der Waals surface area (Å²) in [6, 6.07) is 10.5. The number of hydrogen-bond donors (Lipinski definition) is 2. The van der Waals surface area contributed by atoms with Crippen LogP contribution in [0.15, 0.2) is 35.3 Å². The quantitative estimate of drug-likeness (QED) is 0.529. The van der Waals surface area contributed by atoms with E-state index in [4.69, 9.17) is 4.99 Å². The largest absolute Gasteiger partial charge is 0.357 e. The highest BCUT2D eigenvalue weighted by molar-refractivity contribution is 7.90. The van der Waals surface area contributed by atoms with Crippen molar-refractivity contribution in [3.63, 3.8) is 0 Å². The number of rotatable bonds is 9. The van der Waals surface area contributed by atoms with Gasteiger partial charge in [0.2, 0.25) is 0 Å². The average Bonchev–Trinajstić information content (AvgIpc) is 2.54. The Morgan fingerprint density at radius 2 is 1.88 bits per heavy atom. The second-order valence-corrected chi connectivity index (χ2v) is 8.46. The van der Waals surface area contributed by atoms with E-state index in [1.54, 1.807) is 0 Å². The number of nitrogens with one attached hydrogen (secondary N) is 2. The molecule has 1 aromatic rings. The number of guanidine groups is 1. The van der Waals surface area contributed by atoms with Crippen molar-refractivity contribution in [3.05, 3.63) is 35.9 Å². The molecule has 2 unspecified atom stereocenters. The van der Waals surface area contributed by atoms with Gasteiger partial charge in [-0.25, -0.2) is 8.42 Å². The van der Waals surface area contributed by atoms with Crippen LogP contribution < -0.4 is 10.6 Å². The van der Waals surface area contributed by atoms with Crippen molar-refractivity contribution >= 4 is 15.8 Å². The third kappa shape index (κ3) is 8.34. The van der Waals surface area contributed by atoms with Crippen LogP contribution in [0.4, 0.5) is 0 Å². The summed E-state index contributed by atoms with van der Waals surface area (Å²) >= 11 is 0. The van der Waals surface area contributed by atoms with Gasteiger partial charge < -0.3 is 10.6 Å². The number of hydrogen-bond acceptors (Lipinski definition) is 3. The Bertz CT molecular complexity index is 600. The first-order chi connectivity index (χ1) is 11.4. The Balaban J connectivity index is 2.66. The van der Waals surface area contributed by atoms with Crippen LogP contribution in [-0.4, -0.2) is 45.5 Å². The maximum atomic E-state index is 11.3. The van der Waals surface area contributed by atoms with Gasteiger partial charge in [-0.1, -0.05) is 37.3 Å². The lowest BCUT2D eigenvalue weighted by molar-refractivity contribution is 0.580. The standard InChI is InChI=1S/C18H31N3O2S/c1-5-16(17-10-8-7-9-11-17)14-20-18(19-6-2)21-15(3)12-13-24(4,22)23/h7-11,15-16H,5-6,12-14H2,1-4H3,(H2,19,20,21). The first-order valence-corrected chi connectivity index (χ1v) is 10.7. The van der Waals surface area contributed by atoms with Gasteiger partial charge in [0, 0.05) is 31.3 Å². The minimum absolute atomic E-state index is 0.0503. The van der Waals surface area contributed by atoms with Crippen LogP contribution in [0.2, 0.25) is 0 Å². The number of sulfone groups is 1. The lowest BCUT2D eigenvalue weighted by atomic mass is 9.97. The zero-order chi connectivity index (χ0) is 18.0. The highest BCUT2D eigenvalue weighted by Crippen LogP contribution is 2.19. The normalized spacial score (nSPS) is 14.9. The topological polar surface area (TPSA) is 70.6 Å². The van der Waals surface area contributed by atoms with Crippen LogP contribution in [0.25, 0.3) is 0 Å². The third-order valence-electron chi connectivity index (χ3n) is 3.88. The fourth-order valence-corrected chi connectivity index (χ4v) is 3.20. The molecule has 0 aromatic heterocycles. The molecule has 5 nitrogen and oxygen atoms in total. The van der Waals surface area contributed by atoms with Crippen molar-refractivity contribution in [2.24, 2.45) is 4.99 Å². The molecule has 0 radical (unpaired) electrons. The van der Waals surface area contributed by atoms with Crippen molar-refractivity contribution in [1.29, 1.82) is 0 Å². The van der Waals surface area contributed by atoms with Crippen LogP contribution in [-0.2, 0) is 9.84 Å². The lowest BCUT2D eigenvalue weighted by Crippen LogP contribution is -2.43. The molecule has 0 saturated heterocycles. The Labute approximate surface area is 146 Å². The summed E-state index contributed by atoms with van der Waals surface area (Å²) in [5, 5.41) is 6.53. The zero-order valence-electron chi connectivity index (χ0n) is 15.2. The van der Waals surface area contributed by atoms with Crippen LogP contribution in [0.1, 0.15) is 45.1 Å². The molecule has 0 heterocycles. The second-order valence-electron chi connectivity index (χ2n) is 6.20. The third-order valence-corrected chi connectivity index (χ3v) is 4.86. The second kappa shape index (κ2) is 10.3. The molecule has 1 rings (SSSR count). The average molecular weight is 354 g/mol. The summed E-state index contributed by atoms with van der Waals surface area (Å²) in [5.41, 5.74) is 1.30. The smallest absolute Gasteiger partial charge is 0.191 e. The van der Waals surface area contributed by atoms with E-state index in [1.807, 2.05) is 19.9 Å². The molecular weight excluding hydrogens is 322 g/mol. The molecule has 0 aliphatic rings. The highest BCUT2D eigenvalue weighted by atomic mass is 32.2. The monoisotopic (exact) mass is 353 g/mol. The van der Waals surface area contributed by atoms with Crippen molar-refractivity contribution in [2.45, 2.75) is 45.6 Å². The van der Waals surface area contributed by atoms with Gasteiger partial charge in [-0.3, -0.25) is 4.99 Å². The highest BCUT2D eigenvalue weighted by Gasteiger charge is 2.11. The van der Waals surface area contributed by atoms with Crippen molar-refractivity contribution in [1.82, 2.24) is 10.6 Å². The Morgan fingerprint density at radius 1 is 1.21 bits per heavy atom. The van der Waals surface area contributed by atoms with Crippen LogP contribution in [0.3, 0.4) is 0 Å².